The number of amides is 1. The van der Waals surface area contributed by atoms with Crippen LogP contribution in [0.2, 0.25) is 0 Å². The van der Waals surface area contributed by atoms with Crippen LogP contribution in [-0.4, -0.2) is 35.2 Å². The van der Waals surface area contributed by atoms with Crippen molar-refractivity contribution in [1.82, 2.24) is 9.55 Å². The smallest absolute Gasteiger partial charge is 0.227 e. The molecule has 180 valence electrons. The van der Waals surface area contributed by atoms with Crippen molar-refractivity contribution in [2.24, 2.45) is 0 Å². The number of fused-ring (bicyclic) bond motifs is 1. The summed E-state index contributed by atoms with van der Waals surface area (Å²) in [4.78, 5) is 19.9. The number of hydrogen-bond donors (Lipinski definition) is 0. The first-order valence-corrected chi connectivity index (χ1v) is 12.2. The van der Waals surface area contributed by atoms with Crippen LogP contribution in [0.15, 0.2) is 66.7 Å². The first-order chi connectivity index (χ1) is 17.1. The maximum atomic E-state index is 13.1. The Labute approximate surface area is 206 Å². The normalized spacial score (nSPS) is 15.7. The van der Waals surface area contributed by atoms with Gasteiger partial charge < -0.3 is 18.9 Å². The van der Waals surface area contributed by atoms with Crippen LogP contribution >= 0.6 is 0 Å². The third-order valence-electron chi connectivity index (χ3n) is 6.60. The fourth-order valence-electron chi connectivity index (χ4n) is 4.98. The Morgan fingerprint density at radius 3 is 2.49 bits per heavy atom. The van der Waals surface area contributed by atoms with E-state index in [1.54, 1.807) is 0 Å². The van der Waals surface area contributed by atoms with Crippen molar-refractivity contribution in [3.8, 4) is 11.5 Å². The molecule has 1 aliphatic heterocycles. The van der Waals surface area contributed by atoms with Crippen LogP contribution in [0, 0.1) is 13.8 Å². The van der Waals surface area contributed by atoms with E-state index < -0.39 is 0 Å². The van der Waals surface area contributed by atoms with Gasteiger partial charge >= 0.3 is 0 Å². The highest BCUT2D eigenvalue weighted by Crippen LogP contribution is 2.37. The standard InChI is InChI=1S/C29H31N3O3/c1-4-34-26-15-8-7-14-25(26)32-19-22(18-27(32)33)29-30-23-12-5-6-13-24(23)31(29)16-17-35-28-20(2)10-9-11-21(28)3/h5-15,22H,4,16-19H2,1-3H3. The second kappa shape index (κ2) is 9.82. The Morgan fingerprint density at radius 1 is 0.943 bits per heavy atom. The lowest BCUT2D eigenvalue weighted by Gasteiger charge is -2.20. The maximum absolute atomic E-state index is 13.1. The molecule has 0 aliphatic carbocycles. The monoisotopic (exact) mass is 469 g/mol. The molecule has 1 saturated heterocycles. The van der Waals surface area contributed by atoms with E-state index in [0.717, 1.165) is 45.2 Å². The van der Waals surface area contributed by atoms with E-state index >= 15 is 0 Å². The third-order valence-corrected chi connectivity index (χ3v) is 6.60. The molecular weight excluding hydrogens is 438 g/mol. The number of carbonyl (C=O) groups is 1. The van der Waals surface area contributed by atoms with Crippen molar-refractivity contribution in [1.29, 1.82) is 0 Å². The molecule has 35 heavy (non-hydrogen) atoms. The summed E-state index contributed by atoms with van der Waals surface area (Å²) in [7, 11) is 0. The SMILES string of the molecule is CCOc1ccccc1N1CC(c2nc3ccccc3n2CCOc2c(C)cccc2C)CC1=O. The van der Waals surface area contributed by atoms with E-state index in [0.29, 0.717) is 32.7 Å². The first kappa shape index (κ1) is 23.0. The lowest BCUT2D eigenvalue weighted by Crippen LogP contribution is -2.25. The molecule has 0 radical (unpaired) electrons. The number of anilines is 1. The summed E-state index contributed by atoms with van der Waals surface area (Å²) in [6.07, 6.45) is 0.418. The molecule has 1 amide bonds. The van der Waals surface area contributed by atoms with Gasteiger partial charge in [-0.15, -0.1) is 0 Å². The Kier molecular flexibility index (Phi) is 6.45. The molecule has 1 atom stereocenters. The van der Waals surface area contributed by atoms with E-state index in [2.05, 4.69) is 36.6 Å². The van der Waals surface area contributed by atoms with Gasteiger partial charge in [-0.2, -0.15) is 0 Å². The van der Waals surface area contributed by atoms with Gasteiger partial charge in [0.2, 0.25) is 5.91 Å². The van der Waals surface area contributed by atoms with Crippen LogP contribution in [0.4, 0.5) is 5.69 Å². The van der Waals surface area contributed by atoms with Gasteiger partial charge in [0.1, 0.15) is 23.9 Å². The second-order valence-electron chi connectivity index (χ2n) is 8.99. The van der Waals surface area contributed by atoms with Gasteiger partial charge in [0.05, 0.1) is 29.9 Å². The van der Waals surface area contributed by atoms with Crippen LogP contribution < -0.4 is 14.4 Å². The number of imidazole rings is 1. The number of ether oxygens (including phenoxy) is 2. The van der Waals surface area contributed by atoms with Gasteiger partial charge in [0.15, 0.2) is 0 Å². The zero-order valence-corrected chi connectivity index (χ0v) is 20.5. The van der Waals surface area contributed by atoms with E-state index in [1.165, 1.54) is 0 Å². The fraction of sp³-hybridized carbons (Fsp3) is 0.310. The molecule has 2 heterocycles. The molecule has 1 aliphatic rings. The molecule has 1 aromatic heterocycles. The van der Waals surface area contributed by atoms with Gasteiger partial charge in [0.25, 0.3) is 0 Å². The number of nitrogens with zero attached hydrogens (tertiary/aromatic N) is 3. The van der Waals surface area contributed by atoms with E-state index in [4.69, 9.17) is 14.5 Å². The second-order valence-corrected chi connectivity index (χ2v) is 8.99. The van der Waals surface area contributed by atoms with Crippen LogP contribution in [0.1, 0.15) is 36.2 Å². The van der Waals surface area contributed by atoms with Crippen LogP contribution in [0.3, 0.4) is 0 Å². The Morgan fingerprint density at radius 2 is 1.69 bits per heavy atom. The quantitative estimate of drug-likeness (QED) is 0.335. The minimum Gasteiger partial charge on any atom is -0.492 e. The number of aryl methyl sites for hydroxylation is 2. The van der Waals surface area contributed by atoms with Gasteiger partial charge in [-0.05, 0) is 56.2 Å². The summed E-state index contributed by atoms with van der Waals surface area (Å²) < 4.78 is 14.2. The minimum absolute atomic E-state index is 0.00946. The number of carbonyl (C=O) groups excluding carboxylic acids is 1. The number of aromatic nitrogens is 2. The van der Waals surface area contributed by atoms with Crippen LogP contribution in [0.25, 0.3) is 11.0 Å². The number of rotatable bonds is 8. The lowest BCUT2D eigenvalue weighted by molar-refractivity contribution is -0.117. The van der Waals surface area contributed by atoms with E-state index in [9.17, 15) is 4.79 Å². The Hall–Kier alpha value is -3.80. The largest absolute Gasteiger partial charge is 0.492 e. The molecule has 1 unspecified atom stereocenters. The highest BCUT2D eigenvalue weighted by atomic mass is 16.5. The van der Waals surface area contributed by atoms with Gasteiger partial charge in [-0.25, -0.2) is 4.98 Å². The number of benzene rings is 3. The molecule has 0 spiro atoms. The summed E-state index contributed by atoms with van der Waals surface area (Å²) in [6.45, 7) is 8.40. The van der Waals surface area contributed by atoms with E-state index in [-0.39, 0.29) is 11.8 Å². The van der Waals surface area contributed by atoms with Crippen molar-refractivity contribution < 1.29 is 14.3 Å². The molecule has 6 heteroatoms. The van der Waals surface area contributed by atoms with Crippen LogP contribution in [0.5, 0.6) is 11.5 Å². The summed E-state index contributed by atoms with van der Waals surface area (Å²) in [5.74, 6) is 2.69. The van der Waals surface area contributed by atoms with Gasteiger partial charge in [-0.1, -0.05) is 42.5 Å². The molecule has 0 bridgehead atoms. The van der Waals surface area contributed by atoms with Crippen molar-refractivity contribution in [3.05, 3.63) is 83.7 Å². The topological polar surface area (TPSA) is 56.6 Å². The molecule has 4 aromatic rings. The molecular formula is C29H31N3O3. The number of para-hydroxylation sites is 5. The predicted molar refractivity (Wildman–Crippen MR) is 138 cm³/mol. The summed E-state index contributed by atoms with van der Waals surface area (Å²) in [5.41, 5.74) is 5.09. The highest BCUT2D eigenvalue weighted by molar-refractivity contribution is 5.97. The number of hydrogen-bond acceptors (Lipinski definition) is 4. The van der Waals surface area contributed by atoms with Gasteiger partial charge in [0, 0.05) is 18.9 Å². The molecule has 6 nitrogen and oxygen atoms in total. The van der Waals surface area contributed by atoms with Gasteiger partial charge in [-0.3, -0.25) is 4.79 Å². The van der Waals surface area contributed by atoms with Crippen molar-refractivity contribution >= 4 is 22.6 Å². The third kappa shape index (κ3) is 4.48. The van der Waals surface area contributed by atoms with Crippen molar-refractivity contribution in [2.75, 3.05) is 24.7 Å². The molecule has 3 aromatic carbocycles. The summed E-state index contributed by atoms with van der Waals surface area (Å²) in [5, 5.41) is 0. The maximum Gasteiger partial charge on any atom is 0.227 e. The van der Waals surface area contributed by atoms with Crippen LogP contribution in [-0.2, 0) is 11.3 Å². The zero-order valence-electron chi connectivity index (χ0n) is 20.5. The average molecular weight is 470 g/mol. The summed E-state index contributed by atoms with van der Waals surface area (Å²) >= 11 is 0. The Bertz CT molecular complexity index is 1340. The zero-order chi connectivity index (χ0) is 24.4. The van der Waals surface area contributed by atoms with E-state index in [1.807, 2.05) is 60.4 Å². The molecule has 0 saturated carbocycles. The van der Waals surface area contributed by atoms with Crippen molar-refractivity contribution in [3.63, 3.8) is 0 Å². The molecule has 5 rings (SSSR count). The summed E-state index contributed by atoms with van der Waals surface area (Å²) in [6, 6.07) is 22.1. The highest BCUT2D eigenvalue weighted by Gasteiger charge is 2.36. The lowest BCUT2D eigenvalue weighted by atomic mass is 10.1. The van der Waals surface area contributed by atoms with Crippen molar-refractivity contribution in [2.45, 2.75) is 39.7 Å². The minimum atomic E-state index is -0.00946. The Balaban J connectivity index is 1.42. The average Bonchev–Trinajstić information content (AvgIpc) is 3.42. The molecule has 0 N–H and O–H groups in total. The first-order valence-electron chi connectivity index (χ1n) is 12.2. The molecule has 1 fully saturated rings. The fourth-order valence-corrected chi connectivity index (χ4v) is 4.98. The predicted octanol–water partition coefficient (Wildman–Crippen LogP) is 5.65.